The lowest BCUT2D eigenvalue weighted by atomic mass is 10.1. The van der Waals surface area contributed by atoms with Gasteiger partial charge in [0.05, 0.1) is 0 Å². The van der Waals surface area contributed by atoms with Crippen molar-refractivity contribution in [3.8, 4) is 0 Å². The molecular formula is C7H12IN. The Hall–Kier alpha value is 0.690. The summed E-state index contributed by atoms with van der Waals surface area (Å²) >= 11 is 2.49. The van der Waals surface area contributed by atoms with Crippen molar-refractivity contribution in [1.82, 2.24) is 3.11 Å². The predicted molar refractivity (Wildman–Crippen MR) is 46.5 cm³/mol. The molecule has 0 aromatic carbocycles. The maximum absolute atomic E-state index is 2.52. The predicted octanol–water partition coefficient (Wildman–Crippen LogP) is 2.21. The molecule has 2 aliphatic rings. The molecule has 0 aromatic rings. The van der Waals surface area contributed by atoms with E-state index >= 15 is 0 Å². The number of halogens is 1. The Morgan fingerprint density at radius 2 is 2.22 bits per heavy atom. The lowest BCUT2D eigenvalue weighted by Gasteiger charge is -2.13. The van der Waals surface area contributed by atoms with Gasteiger partial charge in [0, 0.05) is 34.9 Å². The topological polar surface area (TPSA) is 3.24 Å². The van der Waals surface area contributed by atoms with Gasteiger partial charge in [-0.15, -0.1) is 0 Å². The van der Waals surface area contributed by atoms with Crippen LogP contribution >= 0.6 is 22.9 Å². The number of nitrogens with zero attached hydrogens (tertiary/aromatic N) is 1. The second-order valence-electron chi connectivity index (χ2n) is 3.58. The number of hydrogen-bond acceptors (Lipinski definition) is 1. The summed E-state index contributed by atoms with van der Waals surface area (Å²) in [5.74, 6) is 0.949. The second-order valence-corrected chi connectivity index (χ2v) is 4.74. The van der Waals surface area contributed by atoms with Crippen LogP contribution in [0.1, 0.15) is 26.2 Å². The van der Waals surface area contributed by atoms with Crippen molar-refractivity contribution in [2.45, 2.75) is 31.7 Å². The third-order valence-corrected chi connectivity index (χ3v) is 3.96. The van der Waals surface area contributed by atoms with Crippen LogP contribution in [0.3, 0.4) is 0 Å². The fraction of sp³-hybridized carbons (Fsp3) is 1.00. The molecule has 0 N–H and O–H groups in total. The van der Waals surface area contributed by atoms with Crippen molar-refractivity contribution in [1.29, 1.82) is 0 Å². The van der Waals surface area contributed by atoms with Crippen LogP contribution in [0.5, 0.6) is 0 Å². The van der Waals surface area contributed by atoms with Crippen LogP contribution in [0.2, 0.25) is 0 Å². The second kappa shape index (κ2) is 1.84. The van der Waals surface area contributed by atoms with E-state index < -0.39 is 0 Å². The molecule has 0 amide bonds. The van der Waals surface area contributed by atoms with Crippen molar-refractivity contribution in [3.63, 3.8) is 0 Å². The first kappa shape index (κ1) is 6.40. The average molecular weight is 237 g/mol. The highest BCUT2D eigenvalue weighted by atomic mass is 127. The molecular weight excluding hydrogens is 225 g/mol. The highest BCUT2D eigenvalue weighted by molar-refractivity contribution is 14.1. The van der Waals surface area contributed by atoms with Gasteiger partial charge in [0.2, 0.25) is 0 Å². The average Bonchev–Trinajstić information content (AvgIpc) is 2.42. The van der Waals surface area contributed by atoms with Gasteiger partial charge in [-0.3, -0.25) is 0 Å². The van der Waals surface area contributed by atoms with Crippen molar-refractivity contribution < 1.29 is 0 Å². The molecule has 0 radical (unpaired) electrons. The molecule has 2 heteroatoms. The van der Waals surface area contributed by atoms with Gasteiger partial charge in [0.15, 0.2) is 0 Å². The van der Waals surface area contributed by atoms with Gasteiger partial charge in [0.25, 0.3) is 0 Å². The quantitative estimate of drug-likeness (QED) is 0.461. The first-order chi connectivity index (χ1) is 4.23. The van der Waals surface area contributed by atoms with Crippen molar-refractivity contribution in [2.24, 2.45) is 5.92 Å². The molecule has 2 rings (SSSR count). The Bertz CT molecular complexity index is 131. The summed E-state index contributed by atoms with van der Waals surface area (Å²) < 4.78 is 2.52. The third kappa shape index (κ3) is 0.909. The summed E-state index contributed by atoms with van der Waals surface area (Å²) in [6.45, 7) is 3.68. The molecule has 1 atom stereocenters. The molecule has 1 saturated carbocycles. The zero-order valence-electron chi connectivity index (χ0n) is 5.73. The van der Waals surface area contributed by atoms with Gasteiger partial charge in [0.1, 0.15) is 0 Å². The fourth-order valence-corrected chi connectivity index (χ4v) is 3.22. The van der Waals surface area contributed by atoms with Crippen LogP contribution < -0.4 is 0 Å². The van der Waals surface area contributed by atoms with Gasteiger partial charge in [-0.25, -0.2) is 3.11 Å². The molecule has 52 valence electrons. The Kier molecular flexibility index (Phi) is 1.31. The van der Waals surface area contributed by atoms with E-state index in [1.165, 1.54) is 25.8 Å². The minimum absolute atomic E-state index is 0.694. The summed E-state index contributed by atoms with van der Waals surface area (Å²) in [5, 5.41) is 0. The standard InChI is InChI=1S/C7H12IN/c1-6-4-7(2-3-7)9(8)5-6/h6H,2-5H2,1H3/t6-/m1/s1. The summed E-state index contributed by atoms with van der Waals surface area (Å²) in [7, 11) is 0. The molecule has 1 saturated heterocycles. The normalized spacial score (nSPS) is 40.0. The maximum atomic E-state index is 2.52. The van der Waals surface area contributed by atoms with E-state index in [0.717, 1.165) is 5.92 Å². The molecule has 1 spiro atoms. The van der Waals surface area contributed by atoms with E-state index in [2.05, 4.69) is 32.9 Å². The first-order valence-corrected chi connectivity index (χ1v) is 4.63. The van der Waals surface area contributed by atoms with Crippen LogP contribution in [0, 0.1) is 5.92 Å². The van der Waals surface area contributed by atoms with Gasteiger partial charge in [-0.05, 0) is 25.2 Å². The summed E-state index contributed by atoms with van der Waals surface area (Å²) in [4.78, 5) is 0. The largest absolute Gasteiger partial charge is 0.241 e. The maximum Gasteiger partial charge on any atom is 0.0309 e. The van der Waals surface area contributed by atoms with Gasteiger partial charge in [-0.1, -0.05) is 6.92 Å². The third-order valence-electron chi connectivity index (χ3n) is 2.54. The lowest BCUT2D eigenvalue weighted by molar-refractivity contribution is 0.452. The van der Waals surface area contributed by atoms with Gasteiger partial charge in [-0.2, -0.15) is 0 Å². The molecule has 2 fully saturated rings. The summed E-state index contributed by atoms with van der Waals surface area (Å²) in [6.07, 6.45) is 4.37. The number of rotatable bonds is 0. The van der Waals surface area contributed by atoms with Crippen molar-refractivity contribution in [3.05, 3.63) is 0 Å². The fourth-order valence-electron chi connectivity index (χ4n) is 1.87. The molecule has 0 aromatic heterocycles. The molecule has 9 heavy (non-hydrogen) atoms. The minimum atomic E-state index is 0.694. The molecule has 1 aliphatic carbocycles. The van der Waals surface area contributed by atoms with Crippen LogP contribution in [-0.4, -0.2) is 15.2 Å². The first-order valence-electron chi connectivity index (χ1n) is 3.66. The zero-order chi connectivity index (χ0) is 6.48. The van der Waals surface area contributed by atoms with E-state index in [1.807, 2.05) is 0 Å². The van der Waals surface area contributed by atoms with Crippen LogP contribution in [0.4, 0.5) is 0 Å². The molecule has 1 heterocycles. The van der Waals surface area contributed by atoms with Crippen molar-refractivity contribution >= 4 is 22.9 Å². The molecule has 1 nitrogen and oxygen atoms in total. The van der Waals surface area contributed by atoms with E-state index in [4.69, 9.17) is 0 Å². The van der Waals surface area contributed by atoms with Crippen molar-refractivity contribution in [2.75, 3.05) is 6.54 Å². The van der Waals surface area contributed by atoms with Gasteiger partial charge < -0.3 is 0 Å². The Morgan fingerprint density at radius 3 is 2.44 bits per heavy atom. The van der Waals surface area contributed by atoms with Crippen LogP contribution in [0.25, 0.3) is 0 Å². The van der Waals surface area contributed by atoms with E-state index in [-0.39, 0.29) is 0 Å². The van der Waals surface area contributed by atoms with Crippen LogP contribution in [-0.2, 0) is 0 Å². The molecule has 0 unspecified atom stereocenters. The van der Waals surface area contributed by atoms with E-state index in [0.29, 0.717) is 5.54 Å². The lowest BCUT2D eigenvalue weighted by Crippen LogP contribution is -2.19. The summed E-state index contributed by atoms with van der Waals surface area (Å²) in [6, 6.07) is 0. The Balaban J connectivity index is 2.10. The van der Waals surface area contributed by atoms with E-state index in [1.54, 1.807) is 0 Å². The van der Waals surface area contributed by atoms with Gasteiger partial charge >= 0.3 is 0 Å². The molecule has 0 bridgehead atoms. The SMILES string of the molecule is C[C@H]1CN(I)C2(CC2)C1. The highest BCUT2D eigenvalue weighted by Gasteiger charge is 2.52. The summed E-state index contributed by atoms with van der Waals surface area (Å²) in [5.41, 5.74) is 0.694. The highest BCUT2D eigenvalue weighted by Crippen LogP contribution is 2.52. The molecule has 1 aliphatic heterocycles. The Labute approximate surface area is 70.3 Å². The monoisotopic (exact) mass is 237 g/mol. The zero-order valence-corrected chi connectivity index (χ0v) is 7.89. The minimum Gasteiger partial charge on any atom is -0.241 e. The number of hydrogen-bond donors (Lipinski definition) is 0. The Morgan fingerprint density at radius 1 is 1.56 bits per heavy atom. The van der Waals surface area contributed by atoms with Crippen LogP contribution in [0.15, 0.2) is 0 Å². The van der Waals surface area contributed by atoms with E-state index in [9.17, 15) is 0 Å². The smallest absolute Gasteiger partial charge is 0.0309 e.